The van der Waals surface area contributed by atoms with Crippen LogP contribution >= 0.6 is 0 Å². The molecule has 1 aliphatic heterocycles. The highest BCUT2D eigenvalue weighted by Gasteiger charge is 2.47. The van der Waals surface area contributed by atoms with E-state index in [1.807, 2.05) is 39.0 Å². The lowest BCUT2D eigenvalue weighted by Crippen LogP contribution is -2.29. The van der Waals surface area contributed by atoms with Gasteiger partial charge in [0.15, 0.2) is 23.0 Å². The molecule has 0 aliphatic carbocycles. The number of carbonyl (C=O) groups excluding carboxylic acids is 2. The minimum absolute atomic E-state index is 0.0472. The average Bonchev–Trinajstić information content (AvgIpc) is 3.17. The number of carbonyl (C=O) groups is 2. The first-order valence-corrected chi connectivity index (χ1v) is 12.2. The molecule has 1 saturated heterocycles. The largest absolute Gasteiger partial charge is 0.507 e. The molecule has 3 aromatic rings. The number of benzene rings is 3. The Hall–Kier alpha value is -4.46. The van der Waals surface area contributed by atoms with E-state index in [-0.39, 0.29) is 11.3 Å². The van der Waals surface area contributed by atoms with Gasteiger partial charge in [0.2, 0.25) is 0 Å². The van der Waals surface area contributed by atoms with Crippen LogP contribution in [0.25, 0.3) is 5.76 Å². The van der Waals surface area contributed by atoms with Crippen molar-refractivity contribution in [2.75, 3.05) is 32.8 Å². The minimum atomic E-state index is -0.922. The standard InChI is InChI=1S/C30H31NO7/c1-7-38-25-15-19(8-10-23(25)36-5)27-26(28(32)20-9-11-22(35-4)24(16-20)37-6)29(33)30(34)31(27)21-13-17(2)12-18(3)14-21/h8-16,27,32H,7H2,1-6H3/b28-26-. The van der Waals surface area contributed by atoms with Crippen LogP contribution < -0.4 is 23.8 Å². The van der Waals surface area contributed by atoms with Crippen molar-refractivity contribution in [2.45, 2.75) is 26.8 Å². The first-order chi connectivity index (χ1) is 18.2. The van der Waals surface area contributed by atoms with Crippen LogP contribution in [0.4, 0.5) is 5.69 Å². The summed E-state index contributed by atoms with van der Waals surface area (Å²) in [7, 11) is 4.52. The van der Waals surface area contributed by atoms with Gasteiger partial charge in [0, 0.05) is 11.3 Å². The summed E-state index contributed by atoms with van der Waals surface area (Å²) in [4.78, 5) is 28.5. The summed E-state index contributed by atoms with van der Waals surface area (Å²) < 4.78 is 21.9. The summed E-state index contributed by atoms with van der Waals surface area (Å²) in [5, 5.41) is 11.5. The van der Waals surface area contributed by atoms with Gasteiger partial charge in [0.05, 0.1) is 39.6 Å². The first-order valence-electron chi connectivity index (χ1n) is 12.2. The lowest BCUT2D eigenvalue weighted by molar-refractivity contribution is -0.132. The van der Waals surface area contributed by atoms with Gasteiger partial charge < -0.3 is 24.1 Å². The maximum absolute atomic E-state index is 13.5. The zero-order valence-corrected chi connectivity index (χ0v) is 22.3. The summed E-state index contributed by atoms with van der Waals surface area (Å²) >= 11 is 0. The predicted molar refractivity (Wildman–Crippen MR) is 144 cm³/mol. The second kappa shape index (κ2) is 10.9. The van der Waals surface area contributed by atoms with E-state index in [0.29, 0.717) is 46.4 Å². The first kappa shape index (κ1) is 26.6. The number of Topliss-reactive ketones (excluding diaryl/α,β-unsaturated/α-hetero) is 1. The quantitative estimate of drug-likeness (QED) is 0.244. The van der Waals surface area contributed by atoms with Crippen molar-refractivity contribution < 1.29 is 33.6 Å². The normalized spacial score (nSPS) is 16.5. The van der Waals surface area contributed by atoms with Gasteiger partial charge in [-0.3, -0.25) is 14.5 Å². The number of aliphatic hydroxyl groups is 1. The van der Waals surface area contributed by atoms with Gasteiger partial charge >= 0.3 is 0 Å². The Kier molecular flexibility index (Phi) is 7.62. The van der Waals surface area contributed by atoms with Crippen molar-refractivity contribution in [3.8, 4) is 23.0 Å². The predicted octanol–water partition coefficient (Wildman–Crippen LogP) is 5.35. The van der Waals surface area contributed by atoms with Gasteiger partial charge in [-0.15, -0.1) is 0 Å². The molecule has 0 aromatic heterocycles. The van der Waals surface area contributed by atoms with E-state index in [2.05, 4.69) is 0 Å². The smallest absolute Gasteiger partial charge is 0.300 e. The Morgan fingerprint density at radius 3 is 2.03 bits per heavy atom. The van der Waals surface area contributed by atoms with E-state index in [4.69, 9.17) is 18.9 Å². The van der Waals surface area contributed by atoms with Crippen molar-refractivity contribution in [3.05, 3.63) is 82.4 Å². The van der Waals surface area contributed by atoms with Crippen molar-refractivity contribution in [2.24, 2.45) is 0 Å². The van der Waals surface area contributed by atoms with Crippen LogP contribution in [0.1, 0.15) is 35.2 Å². The number of rotatable bonds is 8. The van der Waals surface area contributed by atoms with E-state index in [1.54, 1.807) is 36.4 Å². The Bertz CT molecular complexity index is 1410. The van der Waals surface area contributed by atoms with E-state index in [9.17, 15) is 14.7 Å². The number of amides is 1. The van der Waals surface area contributed by atoms with Crippen molar-refractivity contribution in [1.29, 1.82) is 0 Å². The summed E-state index contributed by atoms with van der Waals surface area (Å²) in [6, 6.07) is 14.8. The Morgan fingerprint density at radius 1 is 0.816 bits per heavy atom. The van der Waals surface area contributed by atoms with Gasteiger partial charge in [-0.1, -0.05) is 12.1 Å². The number of aryl methyl sites for hydroxylation is 2. The van der Waals surface area contributed by atoms with Crippen molar-refractivity contribution >= 4 is 23.1 Å². The highest BCUT2D eigenvalue weighted by molar-refractivity contribution is 6.51. The number of aliphatic hydroxyl groups excluding tert-OH is 1. The molecule has 1 N–H and O–H groups in total. The van der Waals surface area contributed by atoms with Crippen LogP contribution in [0.2, 0.25) is 0 Å². The molecule has 1 fully saturated rings. The number of anilines is 1. The van der Waals surface area contributed by atoms with Crippen LogP contribution in [-0.4, -0.2) is 44.7 Å². The molecule has 4 rings (SSSR count). The summed E-state index contributed by atoms with van der Waals surface area (Å²) in [5.74, 6) is -0.0445. The highest BCUT2D eigenvalue weighted by Crippen LogP contribution is 2.45. The molecule has 8 heteroatoms. The zero-order chi connectivity index (χ0) is 27.6. The van der Waals surface area contributed by atoms with Gasteiger partial charge in [0.1, 0.15) is 5.76 Å². The van der Waals surface area contributed by atoms with Crippen LogP contribution in [0.3, 0.4) is 0 Å². The second-order valence-electron chi connectivity index (χ2n) is 8.93. The van der Waals surface area contributed by atoms with Crippen LogP contribution in [0.15, 0.2) is 60.2 Å². The van der Waals surface area contributed by atoms with E-state index >= 15 is 0 Å². The number of nitrogens with zero attached hydrogens (tertiary/aromatic N) is 1. The van der Waals surface area contributed by atoms with Crippen LogP contribution in [-0.2, 0) is 9.59 Å². The van der Waals surface area contributed by atoms with Crippen LogP contribution in [0, 0.1) is 13.8 Å². The van der Waals surface area contributed by atoms with Crippen molar-refractivity contribution in [3.63, 3.8) is 0 Å². The number of ether oxygens (including phenoxy) is 4. The molecule has 1 atom stereocenters. The molecule has 1 heterocycles. The monoisotopic (exact) mass is 517 g/mol. The third kappa shape index (κ3) is 4.77. The summed E-state index contributed by atoms with van der Waals surface area (Å²) in [6.07, 6.45) is 0. The van der Waals surface area contributed by atoms with Gasteiger partial charge in [-0.2, -0.15) is 0 Å². The second-order valence-corrected chi connectivity index (χ2v) is 8.93. The van der Waals surface area contributed by atoms with Crippen LogP contribution in [0.5, 0.6) is 23.0 Å². The topological polar surface area (TPSA) is 94.5 Å². The number of hydrogen-bond donors (Lipinski definition) is 1. The average molecular weight is 518 g/mol. The van der Waals surface area contributed by atoms with E-state index < -0.39 is 17.7 Å². The molecular weight excluding hydrogens is 486 g/mol. The molecule has 0 spiro atoms. The maximum Gasteiger partial charge on any atom is 0.300 e. The molecule has 1 amide bonds. The highest BCUT2D eigenvalue weighted by atomic mass is 16.5. The summed E-state index contributed by atoms with van der Waals surface area (Å²) in [5.41, 5.74) is 3.26. The number of methoxy groups -OCH3 is 3. The SMILES string of the molecule is CCOc1cc(C2/C(=C(/O)c3ccc(OC)c(OC)c3)C(=O)C(=O)N2c2cc(C)cc(C)c2)ccc1OC. The molecule has 38 heavy (non-hydrogen) atoms. The molecule has 8 nitrogen and oxygen atoms in total. The lowest BCUT2D eigenvalue weighted by Gasteiger charge is -2.27. The molecule has 0 radical (unpaired) electrons. The summed E-state index contributed by atoms with van der Waals surface area (Å²) in [6.45, 7) is 6.09. The molecule has 0 saturated carbocycles. The molecule has 198 valence electrons. The van der Waals surface area contributed by atoms with Gasteiger partial charge in [-0.05, 0) is 79.9 Å². The van der Waals surface area contributed by atoms with E-state index in [1.165, 1.54) is 26.2 Å². The molecule has 1 aliphatic rings. The van der Waals surface area contributed by atoms with Gasteiger partial charge in [0.25, 0.3) is 11.7 Å². The lowest BCUT2D eigenvalue weighted by atomic mass is 9.94. The fraction of sp³-hybridized carbons (Fsp3) is 0.267. The third-order valence-electron chi connectivity index (χ3n) is 6.39. The number of hydrogen-bond acceptors (Lipinski definition) is 7. The molecule has 3 aromatic carbocycles. The Labute approximate surface area is 222 Å². The number of ketones is 1. The maximum atomic E-state index is 13.5. The Balaban J connectivity index is 1.99. The molecule has 0 bridgehead atoms. The molecular formula is C30H31NO7. The third-order valence-corrected chi connectivity index (χ3v) is 6.39. The Morgan fingerprint density at radius 2 is 1.42 bits per heavy atom. The van der Waals surface area contributed by atoms with Gasteiger partial charge in [-0.25, -0.2) is 0 Å². The minimum Gasteiger partial charge on any atom is -0.507 e. The van der Waals surface area contributed by atoms with Crippen molar-refractivity contribution in [1.82, 2.24) is 0 Å². The van der Waals surface area contributed by atoms with E-state index in [0.717, 1.165) is 11.1 Å². The zero-order valence-electron chi connectivity index (χ0n) is 22.3. The fourth-order valence-electron chi connectivity index (χ4n) is 4.77. The fourth-order valence-corrected chi connectivity index (χ4v) is 4.77. The molecule has 1 unspecified atom stereocenters.